The highest BCUT2D eigenvalue weighted by molar-refractivity contribution is 6.23. The second-order valence-electron chi connectivity index (χ2n) is 5.14. The molecule has 1 aromatic carbocycles. The van der Waals surface area contributed by atoms with E-state index in [4.69, 9.17) is 10.00 Å². The van der Waals surface area contributed by atoms with Crippen molar-refractivity contribution in [1.29, 1.82) is 5.26 Å². The monoisotopic (exact) mass is 266 g/mol. The quantitative estimate of drug-likeness (QED) is 0.561. The Morgan fingerprint density at radius 3 is 2.25 bits per heavy atom. The molecule has 0 spiro atoms. The second kappa shape index (κ2) is 3.78. The number of carbonyl (C=O) groups excluding carboxylic acids is 2. The summed E-state index contributed by atoms with van der Waals surface area (Å²) in [5.41, 5.74) is 0.703. The van der Waals surface area contributed by atoms with E-state index in [2.05, 4.69) is 0 Å². The molecule has 1 aromatic rings. The lowest BCUT2D eigenvalue weighted by Crippen LogP contribution is -2.34. The summed E-state index contributed by atoms with van der Waals surface area (Å²) in [6, 6.07) is 8.69. The minimum absolute atomic E-state index is 0.264. The number of benzene rings is 1. The molecule has 98 valence electrons. The average molecular weight is 266 g/mol. The van der Waals surface area contributed by atoms with Crippen molar-refractivity contribution >= 4 is 17.5 Å². The molecule has 0 radical (unpaired) electrons. The van der Waals surface area contributed by atoms with Crippen molar-refractivity contribution in [2.45, 2.75) is 12.2 Å². The maximum atomic E-state index is 12.5. The van der Waals surface area contributed by atoms with Gasteiger partial charge in [0.1, 0.15) is 6.07 Å². The Hall–Kier alpha value is -2.45. The first-order chi connectivity index (χ1) is 9.72. The largest absolute Gasteiger partial charge is 0.365 e. The first-order valence-electron chi connectivity index (χ1n) is 6.43. The Morgan fingerprint density at radius 2 is 1.65 bits per heavy atom. The Balaban J connectivity index is 1.81. The predicted molar refractivity (Wildman–Crippen MR) is 68.4 cm³/mol. The van der Waals surface area contributed by atoms with Gasteiger partial charge in [0.25, 0.3) is 0 Å². The van der Waals surface area contributed by atoms with Gasteiger partial charge in [0.05, 0.1) is 35.3 Å². The van der Waals surface area contributed by atoms with Crippen LogP contribution in [0, 0.1) is 23.2 Å². The first-order valence-corrected chi connectivity index (χ1v) is 6.43. The lowest BCUT2D eigenvalue weighted by atomic mass is 9.85. The van der Waals surface area contributed by atoms with Crippen LogP contribution < -0.4 is 4.90 Å². The number of hydrogen-bond donors (Lipinski definition) is 0. The number of fused-ring (bicyclic) bond motifs is 5. The number of nitrogens with zero attached hydrogens (tertiary/aromatic N) is 2. The van der Waals surface area contributed by atoms with Crippen molar-refractivity contribution in [3.05, 3.63) is 42.0 Å². The van der Waals surface area contributed by atoms with Crippen molar-refractivity contribution in [2.24, 2.45) is 11.8 Å². The zero-order chi connectivity index (χ0) is 13.9. The Kier molecular flexibility index (Phi) is 2.15. The number of carbonyl (C=O) groups is 2. The Morgan fingerprint density at radius 1 is 1.05 bits per heavy atom. The maximum absolute atomic E-state index is 12.5. The van der Waals surface area contributed by atoms with E-state index in [0.29, 0.717) is 11.3 Å². The number of hydrogen-bond acceptors (Lipinski definition) is 4. The van der Waals surface area contributed by atoms with E-state index >= 15 is 0 Å². The van der Waals surface area contributed by atoms with Gasteiger partial charge in [-0.05, 0) is 12.1 Å². The normalized spacial score (nSPS) is 33.6. The summed E-state index contributed by atoms with van der Waals surface area (Å²) in [6.45, 7) is 0. The van der Waals surface area contributed by atoms with Gasteiger partial charge in [0.2, 0.25) is 11.8 Å². The van der Waals surface area contributed by atoms with Crippen LogP contribution in [0.1, 0.15) is 5.56 Å². The third-order valence-corrected chi connectivity index (χ3v) is 4.18. The summed E-state index contributed by atoms with van der Waals surface area (Å²) in [6.07, 6.45) is 3.08. The average Bonchev–Trinajstić information content (AvgIpc) is 3.13. The van der Waals surface area contributed by atoms with E-state index in [0.717, 1.165) is 4.90 Å². The molecule has 3 heterocycles. The number of anilines is 1. The topological polar surface area (TPSA) is 70.4 Å². The molecule has 0 saturated carbocycles. The highest BCUT2D eigenvalue weighted by atomic mass is 16.5. The standard InChI is InChI=1S/C15H10N2O3/c16-7-8-3-1-2-4-9(8)17-14(18)12-10-5-6-11(20-10)13(12)15(17)19/h1-6,10-13H/t10-,11-,12-,13-/m1/s1. The molecule has 0 aromatic heterocycles. The molecule has 4 rings (SSSR count). The molecule has 2 saturated heterocycles. The van der Waals surface area contributed by atoms with Gasteiger partial charge in [-0.2, -0.15) is 5.26 Å². The fraction of sp³-hybridized carbons (Fsp3) is 0.267. The van der Waals surface area contributed by atoms with E-state index in [1.165, 1.54) is 0 Å². The SMILES string of the molecule is N#Cc1ccccc1N1C(=O)[C@H]2[C@H](C1=O)[C@H]1C=C[C@H]2O1. The zero-order valence-corrected chi connectivity index (χ0v) is 10.4. The van der Waals surface area contributed by atoms with Gasteiger partial charge in [0.15, 0.2) is 0 Å². The van der Waals surface area contributed by atoms with Crippen molar-refractivity contribution in [3.63, 3.8) is 0 Å². The number of nitriles is 1. The summed E-state index contributed by atoms with van der Waals surface area (Å²) >= 11 is 0. The molecule has 4 atom stereocenters. The van der Waals surface area contributed by atoms with Crippen molar-refractivity contribution in [2.75, 3.05) is 4.90 Å². The molecule has 0 N–H and O–H groups in total. The van der Waals surface area contributed by atoms with Gasteiger partial charge in [-0.25, -0.2) is 4.90 Å². The molecule has 5 nitrogen and oxygen atoms in total. The molecule has 20 heavy (non-hydrogen) atoms. The molecule has 3 aliphatic heterocycles. The van der Waals surface area contributed by atoms with E-state index in [9.17, 15) is 9.59 Å². The zero-order valence-electron chi connectivity index (χ0n) is 10.4. The van der Waals surface area contributed by atoms with Gasteiger partial charge in [-0.1, -0.05) is 24.3 Å². The molecule has 3 aliphatic rings. The summed E-state index contributed by atoms with van der Waals surface area (Å²) in [4.78, 5) is 26.2. The number of para-hydroxylation sites is 1. The number of rotatable bonds is 1. The van der Waals surface area contributed by atoms with Gasteiger partial charge in [0, 0.05) is 0 Å². The van der Waals surface area contributed by atoms with Crippen LogP contribution in [0.15, 0.2) is 36.4 Å². The van der Waals surface area contributed by atoms with Crippen molar-refractivity contribution in [1.82, 2.24) is 0 Å². The smallest absolute Gasteiger partial charge is 0.240 e. The fourth-order valence-corrected chi connectivity index (χ4v) is 3.30. The van der Waals surface area contributed by atoms with Crippen LogP contribution in [0.3, 0.4) is 0 Å². The highest BCUT2D eigenvalue weighted by Crippen LogP contribution is 2.46. The van der Waals surface area contributed by atoms with Gasteiger partial charge < -0.3 is 4.74 Å². The number of amides is 2. The maximum Gasteiger partial charge on any atom is 0.240 e. The molecule has 2 bridgehead atoms. The van der Waals surface area contributed by atoms with Crippen LogP contribution in [-0.4, -0.2) is 24.0 Å². The van der Waals surface area contributed by atoms with Crippen molar-refractivity contribution in [3.8, 4) is 6.07 Å². The molecule has 0 aliphatic carbocycles. The molecular formula is C15H10N2O3. The van der Waals surface area contributed by atoms with Crippen LogP contribution in [0.4, 0.5) is 5.69 Å². The number of imide groups is 1. The third-order valence-electron chi connectivity index (χ3n) is 4.18. The van der Waals surface area contributed by atoms with Crippen molar-refractivity contribution < 1.29 is 14.3 Å². The minimum atomic E-state index is -0.441. The van der Waals surface area contributed by atoms with Crippen LogP contribution >= 0.6 is 0 Å². The van der Waals surface area contributed by atoms with E-state index in [1.807, 2.05) is 18.2 Å². The second-order valence-corrected chi connectivity index (χ2v) is 5.14. The molecule has 2 fully saturated rings. The molecule has 0 unspecified atom stereocenters. The summed E-state index contributed by atoms with van der Waals surface area (Å²) in [5.74, 6) is -1.41. The van der Waals surface area contributed by atoms with Crippen LogP contribution in [0.5, 0.6) is 0 Å². The van der Waals surface area contributed by atoms with Crippen LogP contribution in [0.25, 0.3) is 0 Å². The van der Waals surface area contributed by atoms with Gasteiger partial charge in [-0.3, -0.25) is 9.59 Å². The van der Waals surface area contributed by atoms with Crippen LogP contribution in [-0.2, 0) is 14.3 Å². The molecule has 2 amide bonds. The van der Waals surface area contributed by atoms with E-state index < -0.39 is 11.8 Å². The fourth-order valence-electron chi connectivity index (χ4n) is 3.30. The summed E-state index contributed by atoms with van der Waals surface area (Å²) in [7, 11) is 0. The molecular weight excluding hydrogens is 256 g/mol. The molecule has 5 heteroatoms. The predicted octanol–water partition coefficient (Wildman–Crippen LogP) is 1.00. The van der Waals surface area contributed by atoms with Gasteiger partial charge in [-0.15, -0.1) is 0 Å². The minimum Gasteiger partial charge on any atom is -0.365 e. The lowest BCUT2D eigenvalue weighted by molar-refractivity contribution is -0.124. The Labute approximate surface area is 115 Å². The highest BCUT2D eigenvalue weighted by Gasteiger charge is 2.61. The number of ether oxygens (including phenoxy) is 1. The first kappa shape index (κ1) is 11.4. The van der Waals surface area contributed by atoms with E-state index in [-0.39, 0.29) is 24.0 Å². The third kappa shape index (κ3) is 1.24. The Bertz CT molecular complexity index is 673. The summed E-state index contributed by atoms with van der Waals surface area (Å²) < 4.78 is 5.58. The van der Waals surface area contributed by atoms with Crippen LogP contribution in [0.2, 0.25) is 0 Å². The van der Waals surface area contributed by atoms with Gasteiger partial charge >= 0.3 is 0 Å². The lowest BCUT2D eigenvalue weighted by Gasteiger charge is -2.18. The van der Waals surface area contributed by atoms with E-state index in [1.54, 1.807) is 24.3 Å². The summed E-state index contributed by atoms with van der Waals surface area (Å²) in [5, 5.41) is 9.13.